The molecule has 1 heterocycles. The van der Waals surface area contributed by atoms with E-state index in [4.69, 9.17) is 16.7 Å². The number of amides is 1. The van der Waals surface area contributed by atoms with Crippen molar-refractivity contribution in [2.24, 2.45) is 0 Å². The van der Waals surface area contributed by atoms with Crippen LogP contribution in [0.5, 0.6) is 0 Å². The molecule has 1 amide bonds. The van der Waals surface area contributed by atoms with Crippen LogP contribution in [0.1, 0.15) is 17.7 Å². The number of hydrogen-bond acceptors (Lipinski definition) is 3. The summed E-state index contributed by atoms with van der Waals surface area (Å²) in [6, 6.07) is 3.73. The number of carbonyl (C=O) groups is 2. The van der Waals surface area contributed by atoms with E-state index in [0.29, 0.717) is 6.54 Å². The first kappa shape index (κ1) is 13.0. The second-order valence-corrected chi connectivity index (χ2v) is 5.00. The van der Waals surface area contributed by atoms with E-state index in [2.05, 4.69) is 5.32 Å². The topological polar surface area (TPSA) is 66.4 Å². The summed E-state index contributed by atoms with van der Waals surface area (Å²) in [7, 11) is 0. The maximum absolute atomic E-state index is 11.1. The molecule has 1 aromatic rings. The Hall–Kier alpha value is -1.07. The minimum atomic E-state index is -0.958. The van der Waals surface area contributed by atoms with Gasteiger partial charge in [-0.2, -0.15) is 0 Å². The molecular weight excluding hydrogens is 250 g/mol. The van der Waals surface area contributed by atoms with Crippen LogP contribution in [-0.4, -0.2) is 23.5 Å². The maximum atomic E-state index is 11.1. The maximum Gasteiger partial charge on any atom is 0.303 e. The van der Waals surface area contributed by atoms with E-state index in [1.54, 1.807) is 0 Å². The van der Waals surface area contributed by atoms with Crippen LogP contribution in [0.3, 0.4) is 0 Å². The average Bonchev–Trinajstić information content (AvgIpc) is 2.61. The van der Waals surface area contributed by atoms with Gasteiger partial charge in [0, 0.05) is 17.8 Å². The number of rotatable bonds is 6. The Morgan fingerprint density at radius 2 is 2.12 bits per heavy atom. The standard InChI is InChI=1S/C10H12ClNO3S/c11-8-2-1-7(16-8)5-6-12-9(13)3-4-10(14)15/h1-2H,3-6H2,(H,12,13)(H,14,15). The molecule has 0 fully saturated rings. The highest BCUT2D eigenvalue weighted by Crippen LogP contribution is 2.21. The van der Waals surface area contributed by atoms with E-state index in [1.807, 2.05) is 12.1 Å². The summed E-state index contributed by atoms with van der Waals surface area (Å²) in [4.78, 5) is 22.5. The normalized spacial score (nSPS) is 10.1. The van der Waals surface area contributed by atoms with Gasteiger partial charge in [0.25, 0.3) is 0 Å². The van der Waals surface area contributed by atoms with Gasteiger partial charge in [-0.15, -0.1) is 11.3 Å². The fraction of sp³-hybridized carbons (Fsp3) is 0.400. The molecule has 0 spiro atoms. The lowest BCUT2D eigenvalue weighted by molar-refractivity contribution is -0.138. The van der Waals surface area contributed by atoms with Crippen LogP contribution in [-0.2, 0) is 16.0 Å². The van der Waals surface area contributed by atoms with E-state index < -0.39 is 5.97 Å². The van der Waals surface area contributed by atoms with Gasteiger partial charge in [0.1, 0.15) is 0 Å². The highest BCUT2D eigenvalue weighted by Gasteiger charge is 2.05. The molecule has 0 aliphatic heterocycles. The number of carbonyl (C=O) groups excluding carboxylic acids is 1. The van der Waals surface area contributed by atoms with Crippen LogP contribution in [0.15, 0.2) is 12.1 Å². The zero-order valence-electron chi connectivity index (χ0n) is 8.53. The minimum absolute atomic E-state index is 0.0283. The van der Waals surface area contributed by atoms with Crippen molar-refractivity contribution in [3.8, 4) is 0 Å². The smallest absolute Gasteiger partial charge is 0.303 e. The van der Waals surface area contributed by atoms with Gasteiger partial charge in [-0.3, -0.25) is 9.59 Å². The van der Waals surface area contributed by atoms with Crippen LogP contribution in [0.2, 0.25) is 4.34 Å². The first-order chi connectivity index (χ1) is 7.58. The monoisotopic (exact) mass is 261 g/mol. The minimum Gasteiger partial charge on any atom is -0.481 e. The number of thiophene rings is 1. The number of aliphatic carboxylic acids is 1. The molecule has 16 heavy (non-hydrogen) atoms. The quantitative estimate of drug-likeness (QED) is 0.822. The van der Waals surface area contributed by atoms with Crippen molar-refractivity contribution in [2.75, 3.05) is 6.54 Å². The van der Waals surface area contributed by atoms with Crippen LogP contribution in [0.4, 0.5) is 0 Å². The second-order valence-electron chi connectivity index (χ2n) is 3.20. The summed E-state index contributed by atoms with van der Waals surface area (Å²) in [5.74, 6) is -1.19. The van der Waals surface area contributed by atoms with Crippen LogP contribution < -0.4 is 5.32 Å². The predicted octanol–water partition coefficient (Wildman–Crippen LogP) is 1.92. The molecule has 1 rings (SSSR count). The van der Waals surface area contributed by atoms with E-state index in [-0.39, 0.29) is 18.7 Å². The summed E-state index contributed by atoms with van der Waals surface area (Å²) in [6.07, 6.45) is 0.618. The van der Waals surface area contributed by atoms with Gasteiger partial charge < -0.3 is 10.4 Å². The van der Waals surface area contributed by atoms with E-state index in [9.17, 15) is 9.59 Å². The van der Waals surface area contributed by atoms with Gasteiger partial charge in [0.2, 0.25) is 5.91 Å². The summed E-state index contributed by atoms with van der Waals surface area (Å²) >= 11 is 7.23. The lowest BCUT2D eigenvalue weighted by atomic mass is 10.3. The Labute approximate surface area is 102 Å². The van der Waals surface area contributed by atoms with Crippen molar-refractivity contribution < 1.29 is 14.7 Å². The molecule has 0 saturated carbocycles. The fourth-order valence-electron chi connectivity index (χ4n) is 1.12. The molecule has 0 radical (unpaired) electrons. The lowest BCUT2D eigenvalue weighted by Gasteiger charge is -2.02. The predicted molar refractivity (Wildman–Crippen MR) is 62.9 cm³/mol. The second kappa shape index (κ2) is 6.50. The molecular formula is C10H12ClNO3S. The van der Waals surface area contributed by atoms with Gasteiger partial charge in [-0.05, 0) is 18.6 Å². The summed E-state index contributed by atoms with van der Waals surface area (Å²) in [5, 5.41) is 11.0. The number of carboxylic acid groups (broad SMARTS) is 1. The van der Waals surface area contributed by atoms with Gasteiger partial charge in [-0.1, -0.05) is 11.6 Å². The molecule has 1 aromatic heterocycles. The van der Waals surface area contributed by atoms with Gasteiger partial charge in [-0.25, -0.2) is 0 Å². The zero-order valence-corrected chi connectivity index (χ0v) is 10.1. The number of nitrogens with one attached hydrogen (secondary N) is 1. The molecule has 0 aliphatic rings. The molecule has 4 nitrogen and oxygen atoms in total. The Morgan fingerprint density at radius 1 is 1.38 bits per heavy atom. The molecule has 0 bridgehead atoms. The average molecular weight is 262 g/mol. The third-order valence-electron chi connectivity index (χ3n) is 1.89. The number of halogens is 1. The van der Waals surface area contributed by atoms with Crippen molar-refractivity contribution in [2.45, 2.75) is 19.3 Å². The largest absolute Gasteiger partial charge is 0.481 e. The summed E-state index contributed by atoms with van der Waals surface area (Å²) in [6.45, 7) is 0.509. The lowest BCUT2D eigenvalue weighted by Crippen LogP contribution is -2.25. The summed E-state index contributed by atoms with van der Waals surface area (Å²) in [5.41, 5.74) is 0. The molecule has 6 heteroatoms. The Morgan fingerprint density at radius 3 is 2.69 bits per heavy atom. The molecule has 0 atom stereocenters. The Bertz CT molecular complexity index is 378. The third-order valence-corrected chi connectivity index (χ3v) is 3.18. The third kappa shape index (κ3) is 5.14. The first-order valence-corrected chi connectivity index (χ1v) is 6.00. The molecule has 0 aliphatic carbocycles. The molecule has 2 N–H and O–H groups in total. The SMILES string of the molecule is O=C(O)CCC(=O)NCCc1ccc(Cl)s1. The van der Waals surface area contributed by atoms with Gasteiger partial charge >= 0.3 is 5.97 Å². The van der Waals surface area contributed by atoms with E-state index in [1.165, 1.54) is 11.3 Å². The van der Waals surface area contributed by atoms with Gasteiger partial charge in [0.15, 0.2) is 0 Å². The molecule has 0 aromatic carbocycles. The van der Waals surface area contributed by atoms with Crippen molar-refractivity contribution in [1.29, 1.82) is 0 Å². The number of hydrogen-bond donors (Lipinski definition) is 2. The molecule has 88 valence electrons. The van der Waals surface area contributed by atoms with Gasteiger partial charge in [0.05, 0.1) is 10.8 Å². The fourth-order valence-corrected chi connectivity index (χ4v) is 2.21. The zero-order chi connectivity index (χ0) is 12.0. The highest BCUT2D eigenvalue weighted by molar-refractivity contribution is 7.16. The Kier molecular flexibility index (Phi) is 5.28. The Balaban J connectivity index is 2.15. The molecule has 0 unspecified atom stereocenters. The van der Waals surface area contributed by atoms with Crippen molar-refractivity contribution in [1.82, 2.24) is 5.32 Å². The van der Waals surface area contributed by atoms with Crippen molar-refractivity contribution in [3.05, 3.63) is 21.3 Å². The van der Waals surface area contributed by atoms with E-state index >= 15 is 0 Å². The van der Waals surface area contributed by atoms with Crippen molar-refractivity contribution >= 4 is 34.8 Å². The van der Waals surface area contributed by atoms with Crippen LogP contribution >= 0.6 is 22.9 Å². The molecule has 0 saturated heterocycles. The van der Waals surface area contributed by atoms with E-state index in [0.717, 1.165) is 15.6 Å². The first-order valence-electron chi connectivity index (χ1n) is 4.80. The number of carboxylic acids is 1. The van der Waals surface area contributed by atoms with Crippen LogP contribution in [0.25, 0.3) is 0 Å². The van der Waals surface area contributed by atoms with Crippen molar-refractivity contribution in [3.63, 3.8) is 0 Å². The highest BCUT2D eigenvalue weighted by atomic mass is 35.5. The summed E-state index contributed by atoms with van der Waals surface area (Å²) < 4.78 is 0.729. The van der Waals surface area contributed by atoms with Crippen LogP contribution in [0, 0.1) is 0 Å².